The summed E-state index contributed by atoms with van der Waals surface area (Å²) in [5.74, 6) is 0.839. The highest BCUT2D eigenvalue weighted by molar-refractivity contribution is 7.99. The smallest absolute Gasteiger partial charge is 0.250 e. The minimum absolute atomic E-state index is 0.104. The third-order valence-electron chi connectivity index (χ3n) is 4.82. The fraction of sp³-hybridized carbons (Fsp3) is 0.333. The number of aryl methyl sites for hydroxylation is 1. The van der Waals surface area contributed by atoms with Gasteiger partial charge in [-0.15, -0.1) is 10.2 Å². The van der Waals surface area contributed by atoms with E-state index in [1.165, 1.54) is 17.3 Å². The van der Waals surface area contributed by atoms with Gasteiger partial charge in [-0.3, -0.25) is 4.79 Å². The van der Waals surface area contributed by atoms with E-state index in [1.807, 2.05) is 42.7 Å². The Balaban J connectivity index is 1.62. The first-order chi connectivity index (χ1) is 14.8. The van der Waals surface area contributed by atoms with Gasteiger partial charge in [0.15, 0.2) is 11.0 Å². The molecule has 0 aliphatic heterocycles. The van der Waals surface area contributed by atoms with Crippen molar-refractivity contribution in [2.75, 3.05) is 5.75 Å². The molecule has 1 amide bonds. The SMILES string of the molecule is CCn1c(SCC(=O)N/N=C\c2cccc(C)c2)nnc1-c1ccc(C(C)(C)C)cc1. The van der Waals surface area contributed by atoms with Crippen molar-refractivity contribution in [1.82, 2.24) is 20.2 Å². The normalized spacial score (nSPS) is 11.8. The summed E-state index contributed by atoms with van der Waals surface area (Å²) in [5, 5.41) is 13.4. The van der Waals surface area contributed by atoms with E-state index in [2.05, 4.69) is 65.8 Å². The molecular weight excluding hydrogens is 406 g/mol. The van der Waals surface area contributed by atoms with Gasteiger partial charge in [0, 0.05) is 12.1 Å². The number of hydrogen-bond donors (Lipinski definition) is 1. The van der Waals surface area contributed by atoms with Crippen LogP contribution in [0.15, 0.2) is 58.8 Å². The molecule has 162 valence electrons. The zero-order chi connectivity index (χ0) is 22.4. The van der Waals surface area contributed by atoms with Crippen LogP contribution in [-0.4, -0.2) is 32.6 Å². The van der Waals surface area contributed by atoms with Crippen LogP contribution in [0, 0.1) is 6.92 Å². The Hall–Kier alpha value is -2.93. The van der Waals surface area contributed by atoms with Gasteiger partial charge < -0.3 is 4.57 Å². The second kappa shape index (κ2) is 9.92. The number of rotatable bonds is 7. The molecule has 0 saturated carbocycles. The van der Waals surface area contributed by atoms with Crippen molar-refractivity contribution >= 4 is 23.9 Å². The maximum Gasteiger partial charge on any atom is 0.250 e. The predicted molar refractivity (Wildman–Crippen MR) is 127 cm³/mol. The number of nitrogens with zero attached hydrogens (tertiary/aromatic N) is 4. The van der Waals surface area contributed by atoms with Crippen molar-refractivity contribution < 1.29 is 4.79 Å². The highest BCUT2D eigenvalue weighted by Crippen LogP contribution is 2.27. The number of carbonyl (C=O) groups excluding carboxylic acids is 1. The maximum atomic E-state index is 12.2. The summed E-state index contributed by atoms with van der Waals surface area (Å²) in [6, 6.07) is 16.4. The molecule has 3 rings (SSSR count). The van der Waals surface area contributed by atoms with Crippen LogP contribution in [0.4, 0.5) is 0 Å². The molecule has 1 aromatic heterocycles. The molecule has 0 spiro atoms. The van der Waals surface area contributed by atoms with Crippen LogP contribution in [0.5, 0.6) is 0 Å². The van der Waals surface area contributed by atoms with Crippen molar-refractivity contribution in [3.8, 4) is 11.4 Å². The predicted octanol–water partition coefficient (Wildman–Crippen LogP) is 4.81. The Morgan fingerprint density at radius 3 is 2.55 bits per heavy atom. The number of benzene rings is 2. The minimum atomic E-state index is -0.185. The van der Waals surface area contributed by atoms with Crippen molar-refractivity contribution in [2.45, 2.75) is 51.7 Å². The molecule has 7 heteroatoms. The fourth-order valence-corrected chi connectivity index (χ4v) is 3.90. The molecular formula is C24H29N5OS. The fourth-order valence-electron chi connectivity index (χ4n) is 3.10. The molecule has 0 saturated heterocycles. The molecule has 1 N–H and O–H groups in total. The average molecular weight is 436 g/mol. The number of hydrogen-bond acceptors (Lipinski definition) is 5. The van der Waals surface area contributed by atoms with E-state index < -0.39 is 0 Å². The van der Waals surface area contributed by atoms with E-state index in [0.717, 1.165) is 34.2 Å². The lowest BCUT2D eigenvalue weighted by molar-refractivity contribution is -0.118. The van der Waals surface area contributed by atoms with Crippen LogP contribution in [0.3, 0.4) is 0 Å². The third kappa shape index (κ3) is 6.04. The number of thioether (sulfide) groups is 1. The topological polar surface area (TPSA) is 72.2 Å². The van der Waals surface area contributed by atoms with Gasteiger partial charge >= 0.3 is 0 Å². The lowest BCUT2D eigenvalue weighted by Gasteiger charge is -2.19. The van der Waals surface area contributed by atoms with E-state index in [9.17, 15) is 4.79 Å². The van der Waals surface area contributed by atoms with Crippen molar-refractivity contribution in [3.05, 3.63) is 65.2 Å². The van der Waals surface area contributed by atoms with Gasteiger partial charge in [0.2, 0.25) is 0 Å². The number of aromatic nitrogens is 3. The van der Waals surface area contributed by atoms with Crippen molar-refractivity contribution in [2.24, 2.45) is 5.10 Å². The lowest BCUT2D eigenvalue weighted by atomic mass is 9.87. The summed E-state index contributed by atoms with van der Waals surface area (Å²) >= 11 is 1.35. The second-order valence-corrected chi connectivity index (χ2v) is 9.32. The summed E-state index contributed by atoms with van der Waals surface area (Å²) in [7, 11) is 0. The Labute approximate surface area is 188 Å². The van der Waals surface area contributed by atoms with Crippen LogP contribution < -0.4 is 5.43 Å². The van der Waals surface area contributed by atoms with E-state index in [0.29, 0.717) is 0 Å². The average Bonchev–Trinajstić information content (AvgIpc) is 3.15. The lowest BCUT2D eigenvalue weighted by Crippen LogP contribution is -2.20. The molecule has 31 heavy (non-hydrogen) atoms. The Morgan fingerprint density at radius 2 is 1.90 bits per heavy atom. The van der Waals surface area contributed by atoms with Gasteiger partial charge in [0.05, 0.1) is 12.0 Å². The molecule has 0 atom stereocenters. The Bertz CT molecular complexity index is 1060. The largest absolute Gasteiger partial charge is 0.302 e. The molecule has 3 aromatic rings. The maximum absolute atomic E-state index is 12.2. The summed E-state index contributed by atoms with van der Waals surface area (Å²) in [6.07, 6.45) is 1.64. The molecule has 1 heterocycles. The summed E-state index contributed by atoms with van der Waals surface area (Å²) in [6.45, 7) is 11.4. The Kier molecular flexibility index (Phi) is 7.28. The van der Waals surface area contributed by atoms with Crippen LogP contribution in [0.2, 0.25) is 0 Å². The van der Waals surface area contributed by atoms with Gasteiger partial charge in [-0.05, 0) is 30.4 Å². The second-order valence-electron chi connectivity index (χ2n) is 8.37. The van der Waals surface area contributed by atoms with Gasteiger partial charge in [0.25, 0.3) is 5.91 Å². The number of amides is 1. The van der Waals surface area contributed by atoms with Gasteiger partial charge in [-0.2, -0.15) is 5.10 Å². The number of nitrogens with one attached hydrogen (secondary N) is 1. The van der Waals surface area contributed by atoms with Crippen LogP contribution in [-0.2, 0) is 16.8 Å². The molecule has 0 aliphatic rings. The van der Waals surface area contributed by atoms with E-state index in [4.69, 9.17) is 0 Å². The van der Waals surface area contributed by atoms with Crippen molar-refractivity contribution in [1.29, 1.82) is 0 Å². The molecule has 2 aromatic carbocycles. The summed E-state index contributed by atoms with van der Waals surface area (Å²) < 4.78 is 2.03. The van der Waals surface area contributed by atoms with Crippen LogP contribution >= 0.6 is 11.8 Å². The minimum Gasteiger partial charge on any atom is -0.302 e. The molecule has 0 unspecified atom stereocenters. The molecule has 0 radical (unpaired) electrons. The standard InChI is InChI=1S/C24H29N5OS/c1-6-29-22(19-10-12-20(13-11-19)24(3,4)5)27-28-23(29)31-16-21(30)26-25-15-18-9-7-8-17(2)14-18/h7-15H,6,16H2,1-5H3,(H,26,30)/b25-15-. The zero-order valence-corrected chi connectivity index (χ0v) is 19.5. The summed E-state index contributed by atoms with van der Waals surface area (Å²) in [5.41, 5.74) is 7.06. The van der Waals surface area contributed by atoms with Gasteiger partial charge in [0.1, 0.15) is 0 Å². The Morgan fingerprint density at radius 1 is 1.16 bits per heavy atom. The van der Waals surface area contributed by atoms with Crippen molar-refractivity contribution in [3.63, 3.8) is 0 Å². The molecule has 6 nitrogen and oxygen atoms in total. The zero-order valence-electron chi connectivity index (χ0n) is 18.7. The highest BCUT2D eigenvalue weighted by Gasteiger charge is 2.17. The summed E-state index contributed by atoms with van der Waals surface area (Å²) in [4.78, 5) is 12.2. The molecule has 0 bridgehead atoms. The first kappa shape index (κ1) is 22.7. The quantitative estimate of drug-likeness (QED) is 0.328. The molecule has 0 aliphatic carbocycles. The van der Waals surface area contributed by atoms with Crippen LogP contribution in [0.25, 0.3) is 11.4 Å². The van der Waals surface area contributed by atoms with Gasteiger partial charge in [-0.25, -0.2) is 5.43 Å². The van der Waals surface area contributed by atoms with E-state index >= 15 is 0 Å². The third-order valence-corrected chi connectivity index (χ3v) is 5.79. The first-order valence-corrected chi connectivity index (χ1v) is 11.3. The molecule has 0 fully saturated rings. The number of hydrazone groups is 1. The number of carbonyl (C=O) groups is 1. The van der Waals surface area contributed by atoms with Gasteiger partial charge in [-0.1, -0.05) is 86.6 Å². The van der Waals surface area contributed by atoms with E-state index in [-0.39, 0.29) is 17.1 Å². The van der Waals surface area contributed by atoms with Crippen LogP contribution in [0.1, 0.15) is 44.4 Å². The highest BCUT2D eigenvalue weighted by atomic mass is 32.2. The van der Waals surface area contributed by atoms with E-state index in [1.54, 1.807) is 6.21 Å². The monoisotopic (exact) mass is 435 g/mol. The first-order valence-electron chi connectivity index (χ1n) is 10.3.